The number of rotatable bonds is 3. The molecule has 1 saturated heterocycles. The van der Waals surface area contributed by atoms with Gasteiger partial charge in [0.1, 0.15) is 0 Å². The number of H-pyrrole nitrogens is 1. The highest BCUT2D eigenvalue weighted by Crippen LogP contribution is 2.17. The monoisotopic (exact) mass is 443 g/mol. The summed E-state index contributed by atoms with van der Waals surface area (Å²) in [6.45, 7) is 17.3. The first-order chi connectivity index (χ1) is 15.8. The van der Waals surface area contributed by atoms with E-state index in [1.807, 2.05) is 43.0 Å². The van der Waals surface area contributed by atoms with Crippen LogP contribution in [0.25, 0.3) is 22.5 Å². The molecule has 174 valence electrons. The Labute approximate surface area is 198 Å². The number of hydrogen-bond acceptors (Lipinski definition) is 2. The van der Waals surface area contributed by atoms with Crippen molar-refractivity contribution in [3.05, 3.63) is 82.9 Å². The summed E-state index contributed by atoms with van der Waals surface area (Å²) < 4.78 is 0. The number of aromatic nitrogens is 1. The van der Waals surface area contributed by atoms with Crippen LogP contribution in [0, 0.1) is 0 Å². The highest BCUT2D eigenvalue weighted by atomic mass is 16.2. The van der Waals surface area contributed by atoms with Crippen LogP contribution in [-0.2, 0) is 4.79 Å². The van der Waals surface area contributed by atoms with E-state index in [4.69, 9.17) is 0 Å². The standard InChI is InChI=1S/C25H29N3O.C4H8/c1-18(2)22-17-23(20-9-5-4-6-10-20)26-24(22)19(3)27-13-15-28(16-14-27)25(29)21-11-7-8-12-21;1-4(2)3/h4-11,17,26H,12-16H2,1-3H3;1H2,2-3H3/b24-19-;. The van der Waals surface area contributed by atoms with Gasteiger partial charge in [0.15, 0.2) is 0 Å². The van der Waals surface area contributed by atoms with E-state index >= 15 is 0 Å². The summed E-state index contributed by atoms with van der Waals surface area (Å²) in [7, 11) is 0. The summed E-state index contributed by atoms with van der Waals surface area (Å²) in [4.78, 5) is 20.7. The fourth-order valence-corrected chi connectivity index (χ4v) is 4.12. The van der Waals surface area contributed by atoms with Crippen molar-refractivity contribution in [1.29, 1.82) is 0 Å². The predicted octanol–water partition coefficient (Wildman–Crippen LogP) is 4.61. The zero-order chi connectivity index (χ0) is 24.0. The van der Waals surface area contributed by atoms with Gasteiger partial charge in [0.2, 0.25) is 5.91 Å². The van der Waals surface area contributed by atoms with Crippen LogP contribution >= 0.6 is 0 Å². The molecular formula is C29H37N3O. The number of amides is 1. The molecule has 0 spiro atoms. The molecule has 0 atom stereocenters. The number of nitrogens with zero attached hydrogens (tertiary/aromatic N) is 2. The van der Waals surface area contributed by atoms with Gasteiger partial charge in [0.05, 0.1) is 5.35 Å². The van der Waals surface area contributed by atoms with Crippen LogP contribution in [0.4, 0.5) is 0 Å². The van der Waals surface area contributed by atoms with Gasteiger partial charge in [-0.3, -0.25) is 4.79 Å². The van der Waals surface area contributed by atoms with Gasteiger partial charge in [-0.15, -0.1) is 6.58 Å². The van der Waals surface area contributed by atoms with Gasteiger partial charge in [-0.25, -0.2) is 0 Å². The Bertz CT molecular complexity index is 1170. The van der Waals surface area contributed by atoms with Crippen LogP contribution in [0.3, 0.4) is 0 Å². The van der Waals surface area contributed by atoms with E-state index in [1.165, 1.54) is 33.0 Å². The first-order valence-corrected chi connectivity index (χ1v) is 11.7. The molecule has 0 radical (unpaired) electrons. The lowest BCUT2D eigenvalue weighted by Crippen LogP contribution is -2.49. The van der Waals surface area contributed by atoms with Crippen molar-refractivity contribution in [3.8, 4) is 11.3 Å². The summed E-state index contributed by atoms with van der Waals surface area (Å²) in [6, 6.07) is 12.7. The van der Waals surface area contributed by atoms with Crippen molar-refractivity contribution in [1.82, 2.24) is 14.8 Å². The Morgan fingerprint density at radius 1 is 0.939 bits per heavy atom. The van der Waals surface area contributed by atoms with Crippen molar-refractivity contribution in [2.75, 3.05) is 26.2 Å². The molecule has 0 saturated carbocycles. The average molecular weight is 444 g/mol. The van der Waals surface area contributed by atoms with E-state index in [0.29, 0.717) is 0 Å². The van der Waals surface area contributed by atoms with Crippen molar-refractivity contribution >= 4 is 17.2 Å². The van der Waals surface area contributed by atoms with Crippen LogP contribution in [0.1, 0.15) is 41.0 Å². The third kappa shape index (κ3) is 6.16. The number of piperazine rings is 1. The molecule has 4 rings (SSSR count). The molecule has 4 heteroatoms. The van der Waals surface area contributed by atoms with Crippen LogP contribution < -0.4 is 10.6 Å². The Morgan fingerprint density at radius 3 is 2.09 bits per heavy atom. The molecule has 1 N–H and O–H groups in total. The summed E-state index contributed by atoms with van der Waals surface area (Å²) in [5.74, 6) is 0.192. The number of carbonyl (C=O) groups is 1. The highest BCUT2D eigenvalue weighted by molar-refractivity contribution is 5.94. The number of hydrogen-bond donors (Lipinski definition) is 1. The van der Waals surface area contributed by atoms with Gasteiger partial charge in [-0.2, -0.15) is 0 Å². The Kier molecular flexibility index (Phi) is 8.16. The second-order valence-corrected chi connectivity index (χ2v) is 9.23. The SMILES string of the molecule is C=C(C)C.CC(C)=c1cc(-c2ccccc2)[nH]/c1=C(/C)N1CCN(C(=O)C2=CC=CC2)CC1. The number of allylic oxidation sites excluding steroid dienone is 4. The molecule has 1 aliphatic heterocycles. The Morgan fingerprint density at radius 2 is 1.55 bits per heavy atom. The molecule has 1 amide bonds. The maximum absolute atomic E-state index is 12.6. The maximum atomic E-state index is 12.6. The van der Waals surface area contributed by atoms with Crippen LogP contribution in [0.2, 0.25) is 0 Å². The van der Waals surface area contributed by atoms with Gasteiger partial charge in [0, 0.05) is 48.4 Å². The average Bonchev–Trinajstić information content (AvgIpc) is 3.49. The fourth-order valence-electron chi connectivity index (χ4n) is 4.12. The molecule has 1 aromatic carbocycles. The van der Waals surface area contributed by atoms with Crippen molar-refractivity contribution in [2.45, 2.75) is 41.0 Å². The topological polar surface area (TPSA) is 39.3 Å². The first-order valence-electron chi connectivity index (χ1n) is 11.7. The number of benzene rings is 1. The van der Waals surface area contributed by atoms with Gasteiger partial charge in [-0.1, -0.05) is 59.7 Å². The van der Waals surface area contributed by atoms with Crippen LogP contribution in [0.15, 0.2) is 72.4 Å². The van der Waals surface area contributed by atoms with E-state index in [0.717, 1.165) is 43.9 Å². The van der Waals surface area contributed by atoms with Crippen LogP contribution in [-0.4, -0.2) is 46.9 Å². The molecule has 1 aromatic heterocycles. The lowest BCUT2D eigenvalue weighted by atomic mass is 10.1. The third-order valence-corrected chi connectivity index (χ3v) is 5.89. The molecular weight excluding hydrogens is 406 g/mol. The molecule has 2 heterocycles. The van der Waals surface area contributed by atoms with E-state index < -0.39 is 0 Å². The second kappa shape index (κ2) is 11.0. The summed E-state index contributed by atoms with van der Waals surface area (Å²) in [5.41, 5.74) is 6.97. The molecule has 2 aliphatic rings. The Hall–Kier alpha value is -3.27. The summed E-state index contributed by atoms with van der Waals surface area (Å²) in [5, 5.41) is 2.45. The largest absolute Gasteiger partial charge is 0.370 e. The third-order valence-electron chi connectivity index (χ3n) is 5.89. The number of carbonyl (C=O) groups excluding carboxylic acids is 1. The summed E-state index contributed by atoms with van der Waals surface area (Å²) >= 11 is 0. The summed E-state index contributed by atoms with van der Waals surface area (Å²) in [6.07, 6.45) is 6.73. The normalized spacial score (nSPS) is 16.1. The van der Waals surface area contributed by atoms with E-state index in [-0.39, 0.29) is 5.91 Å². The zero-order valence-corrected chi connectivity index (χ0v) is 20.7. The van der Waals surface area contributed by atoms with E-state index in [9.17, 15) is 4.79 Å². The van der Waals surface area contributed by atoms with Gasteiger partial charge in [-0.05, 0) is 52.7 Å². The zero-order valence-electron chi connectivity index (χ0n) is 20.7. The Balaban J connectivity index is 0.000000709. The molecule has 1 fully saturated rings. The van der Waals surface area contributed by atoms with E-state index in [2.05, 4.69) is 67.6 Å². The second-order valence-electron chi connectivity index (χ2n) is 9.23. The lowest BCUT2D eigenvalue weighted by Gasteiger charge is -2.36. The minimum absolute atomic E-state index is 0.192. The molecule has 1 aliphatic carbocycles. The van der Waals surface area contributed by atoms with Gasteiger partial charge in [0.25, 0.3) is 0 Å². The van der Waals surface area contributed by atoms with Gasteiger partial charge >= 0.3 is 0 Å². The lowest BCUT2D eigenvalue weighted by molar-refractivity contribution is -0.128. The van der Waals surface area contributed by atoms with Gasteiger partial charge < -0.3 is 14.8 Å². The highest BCUT2D eigenvalue weighted by Gasteiger charge is 2.24. The molecule has 33 heavy (non-hydrogen) atoms. The van der Waals surface area contributed by atoms with Crippen molar-refractivity contribution in [2.24, 2.45) is 0 Å². The van der Waals surface area contributed by atoms with E-state index in [1.54, 1.807) is 0 Å². The quantitative estimate of drug-likeness (QED) is 0.704. The molecule has 0 bridgehead atoms. The minimum atomic E-state index is 0.192. The molecule has 4 nitrogen and oxygen atoms in total. The smallest absolute Gasteiger partial charge is 0.250 e. The first kappa shape index (κ1) is 24.4. The molecule has 0 unspecified atom stereocenters. The predicted molar refractivity (Wildman–Crippen MR) is 140 cm³/mol. The number of aromatic amines is 1. The molecule has 2 aromatic rings. The van der Waals surface area contributed by atoms with Crippen LogP contribution in [0.5, 0.6) is 0 Å². The minimum Gasteiger partial charge on any atom is -0.370 e. The van der Waals surface area contributed by atoms with Crippen molar-refractivity contribution in [3.63, 3.8) is 0 Å². The van der Waals surface area contributed by atoms with Crippen molar-refractivity contribution < 1.29 is 4.79 Å². The number of nitrogens with one attached hydrogen (secondary N) is 1. The maximum Gasteiger partial charge on any atom is 0.250 e. The fraction of sp³-hybridized carbons (Fsp3) is 0.345.